The first-order valence-electron chi connectivity index (χ1n) is 6.60. The summed E-state index contributed by atoms with van der Waals surface area (Å²) in [6, 6.07) is 5.50. The van der Waals surface area contributed by atoms with E-state index in [1.165, 1.54) is 0 Å². The van der Waals surface area contributed by atoms with Gasteiger partial charge in [0.1, 0.15) is 0 Å². The first-order chi connectivity index (χ1) is 9.38. The van der Waals surface area contributed by atoms with E-state index in [2.05, 4.69) is 21.2 Å². The summed E-state index contributed by atoms with van der Waals surface area (Å²) in [5, 5.41) is 2.69. The molecule has 1 amide bonds. The molecular formula is C15H20BrNO3. The molecule has 0 aliphatic rings. The molecule has 20 heavy (non-hydrogen) atoms. The molecule has 0 radical (unpaired) electrons. The van der Waals surface area contributed by atoms with Crippen LogP contribution in [0.5, 0.6) is 0 Å². The van der Waals surface area contributed by atoms with E-state index in [-0.39, 0.29) is 18.5 Å². The van der Waals surface area contributed by atoms with Crippen LogP contribution >= 0.6 is 15.9 Å². The van der Waals surface area contributed by atoms with E-state index in [0.717, 1.165) is 16.5 Å². The molecule has 0 aliphatic carbocycles. The Morgan fingerprint density at radius 3 is 2.65 bits per heavy atom. The van der Waals surface area contributed by atoms with E-state index in [0.29, 0.717) is 18.0 Å². The molecule has 0 saturated carbocycles. The highest BCUT2D eigenvalue weighted by molar-refractivity contribution is 9.10. The van der Waals surface area contributed by atoms with Crippen LogP contribution in [0.25, 0.3) is 0 Å². The monoisotopic (exact) mass is 341 g/mol. The lowest BCUT2D eigenvalue weighted by molar-refractivity contribution is -0.147. The number of nitrogens with one attached hydrogen (secondary N) is 1. The molecule has 0 aliphatic heterocycles. The molecule has 0 unspecified atom stereocenters. The smallest absolute Gasteiger partial charge is 0.306 e. The van der Waals surface area contributed by atoms with Crippen LogP contribution < -0.4 is 5.32 Å². The fourth-order valence-corrected chi connectivity index (χ4v) is 1.79. The number of hydrogen-bond acceptors (Lipinski definition) is 3. The number of amides is 1. The van der Waals surface area contributed by atoms with Crippen molar-refractivity contribution in [2.45, 2.75) is 33.6 Å². The molecule has 1 aromatic carbocycles. The van der Waals surface area contributed by atoms with E-state index in [9.17, 15) is 9.59 Å². The van der Waals surface area contributed by atoms with Crippen molar-refractivity contribution in [2.24, 2.45) is 5.92 Å². The normalized spacial score (nSPS) is 10.4. The lowest BCUT2D eigenvalue weighted by Crippen LogP contribution is -2.21. The second kappa shape index (κ2) is 8.04. The summed E-state index contributed by atoms with van der Waals surface area (Å²) in [5.74, 6) is -0.215. The van der Waals surface area contributed by atoms with Gasteiger partial charge >= 0.3 is 5.97 Å². The second-order valence-corrected chi connectivity index (χ2v) is 5.96. The van der Waals surface area contributed by atoms with Crippen molar-refractivity contribution in [2.75, 3.05) is 11.9 Å². The lowest BCUT2D eigenvalue weighted by Gasteiger charge is -2.08. The van der Waals surface area contributed by atoms with Gasteiger partial charge in [0.15, 0.2) is 6.61 Å². The molecule has 0 bridgehead atoms. The maximum atomic E-state index is 11.7. The van der Waals surface area contributed by atoms with E-state index < -0.39 is 0 Å². The molecule has 110 valence electrons. The first kappa shape index (κ1) is 16.7. The third-order valence-corrected chi connectivity index (χ3v) is 3.62. The van der Waals surface area contributed by atoms with Crippen LogP contribution in [0.2, 0.25) is 0 Å². The minimum Gasteiger partial charge on any atom is -0.456 e. The van der Waals surface area contributed by atoms with Crippen LogP contribution in [0.4, 0.5) is 5.69 Å². The van der Waals surface area contributed by atoms with Crippen LogP contribution in [-0.4, -0.2) is 18.5 Å². The Labute approximate surface area is 128 Å². The average Bonchev–Trinajstić information content (AvgIpc) is 2.38. The van der Waals surface area contributed by atoms with E-state index in [1.807, 2.05) is 32.9 Å². The van der Waals surface area contributed by atoms with Gasteiger partial charge in [-0.15, -0.1) is 0 Å². The largest absolute Gasteiger partial charge is 0.456 e. The van der Waals surface area contributed by atoms with Gasteiger partial charge in [0.05, 0.1) is 0 Å². The van der Waals surface area contributed by atoms with Crippen molar-refractivity contribution in [3.63, 3.8) is 0 Å². The average molecular weight is 342 g/mol. The van der Waals surface area contributed by atoms with Crippen molar-refractivity contribution in [1.82, 2.24) is 0 Å². The van der Waals surface area contributed by atoms with Gasteiger partial charge in [0, 0.05) is 16.6 Å². The number of carbonyl (C=O) groups excluding carboxylic acids is 2. The van der Waals surface area contributed by atoms with Crippen molar-refractivity contribution in [1.29, 1.82) is 0 Å². The number of rotatable bonds is 6. The van der Waals surface area contributed by atoms with Crippen LogP contribution in [0, 0.1) is 12.8 Å². The van der Waals surface area contributed by atoms with Crippen molar-refractivity contribution in [3.05, 3.63) is 28.2 Å². The number of anilines is 1. The molecular weight excluding hydrogens is 322 g/mol. The molecule has 1 aromatic rings. The molecule has 1 rings (SSSR count). The third-order valence-electron chi connectivity index (χ3n) is 2.73. The number of carbonyl (C=O) groups is 2. The molecule has 5 heteroatoms. The highest BCUT2D eigenvalue weighted by atomic mass is 79.9. The van der Waals surface area contributed by atoms with Gasteiger partial charge in [-0.2, -0.15) is 0 Å². The highest BCUT2D eigenvalue weighted by Crippen LogP contribution is 2.19. The standard InChI is InChI=1S/C15H20BrNO3/c1-10(2)4-7-15(19)20-9-14(18)17-12-5-6-13(16)11(3)8-12/h5-6,8,10H,4,7,9H2,1-3H3,(H,17,18). The van der Waals surface area contributed by atoms with Crippen molar-refractivity contribution < 1.29 is 14.3 Å². The van der Waals surface area contributed by atoms with Crippen molar-refractivity contribution >= 4 is 33.5 Å². The topological polar surface area (TPSA) is 55.4 Å². The molecule has 0 aromatic heterocycles. The summed E-state index contributed by atoms with van der Waals surface area (Å²) in [5.41, 5.74) is 1.71. The van der Waals surface area contributed by atoms with Gasteiger partial charge in [-0.1, -0.05) is 29.8 Å². The zero-order valence-corrected chi connectivity index (χ0v) is 13.6. The van der Waals surface area contributed by atoms with Crippen LogP contribution in [-0.2, 0) is 14.3 Å². The van der Waals surface area contributed by atoms with Gasteiger partial charge in [0.2, 0.25) is 0 Å². The fraction of sp³-hybridized carbons (Fsp3) is 0.467. The SMILES string of the molecule is Cc1cc(NC(=O)COC(=O)CCC(C)C)ccc1Br. The lowest BCUT2D eigenvalue weighted by atomic mass is 10.1. The zero-order chi connectivity index (χ0) is 15.1. The molecule has 0 atom stereocenters. The van der Waals surface area contributed by atoms with Crippen molar-refractivity contribution in [3.8, 4) is 0 Å². The summed E-state index contributed by atoms with van der Waals surface area (Å²) in [7, 11) is 0. The van der Waals surface area contributed by atoms with E-state index in [4.69, 9.17) is 4.74 Å². The number of halogens is 1. The molecule has 0 heterocycles. The van der Waals surface area contributed by atoms with Crippen LogP contribution in [0.3, 0.4) is 0 Å². The summed E-state index contributed by atoms with van der Waals surface area (Å²) >= 11 is 3.39. The predicted molar refractivity (Wildman–Crippen MR) is 82.5 cm³/mol. The quantitative estimate of drug-likeness (QED) is 0.803. The minimum absolute atomic E-state index is 0.244. The molecule has 4 nitrogen and oxygen atoms in total. The van der Waals surface area contributed by atoms with Gasteiger partial charge in [0.25, 0.3) is 5.91 Å². The maximum absolute atomic E-state index is 11.7. The summed E-state index contributed by atoms with van der Waals surface area (Å²) in [4.78, 5) is 23.0. The Bertz CT molecular complexity index is 486. The Balaban J connectivity index is 2.36. The molecule has 0 spiro atoms. The second-order valence-electron chi connectivity index (χ2n) is 5.11. The number of aryl methyl sites for hydroxylation is 1. The molecule has 0 fully saturated rings. The maximum Gasteiger partial charge on any atom is 0.306 e. The van der Waals surface area contributed by atoms with Crippen LogP contribution in [0.1, 0.15) is 32.3 Å². The summed E-state index contributed by atoms with van der Waals surface area (Å²) in [6.45, 7) is 5.77. The van der Waals surface area contributed by atoms with Gasteiger partial charge in [-0.25, -0.2) is 0 Å². The molecule has 1 N–H and O–H groups in total. The predicted octanol–water partition coefficient (Wildman–Crippen LogP) is 3.68. The van der Waals surface area contributed by atoms with E-state index in [1.54, 1.807) is 6.07 Å². The number of benzene rings is 1. The summed E-state index contributed by atoms with van der Waals surface area (Å²) < 4.78 is 5.90. The number of hydrogen-bond donors (Lipinski definition) is 1. The Hall–Kier alpha value is -1.36. The first-order valence-corrected chi connectivity index (χ1v) is 7.39. The summed E-state index contributed by atoms with van der Waals surface area (Å²) in [6.07, 6.45) is 1.12. The molecule has 0 saturated heterocycles. The number of ether oxygens (including phenoxy) is 1. The van der Waals surface area contributed by atoms with Gasteiger partial charge in [-0.3, -0.25) is 9.59 Å². The van der Waals surface area contributed by atoms with Crippen LogP contribution in [0.15, 0.2) is 22.7 Å². The van der Waals surface area contributed by atoms with Gasteiger partial charge < -0.3 is 10.1 Å². The Morgan fingerprint density at radius 1 is 1.35 bits per heavy atom. The third kappa shape index (κ3) is 6.19. The number of esters is 1. The fourth-order valence-electron chi connectivity index (χ4n) is 1.54. The zero-order valence-electron chi connectivity index (χ0n) is 12.0. The minimum atomic E-state index is -0.333. The van der Waals surface area contributed by atoms with E-state index >= 15 is 0 Å². The van der Waals surface area contributed by atoms with Gasteiger partial charge in [-0.05, 0) is 43.0 Å². The Morgan fingerprint density at radius 2 is 2.05 bits per heavy atom. The highest BCUT2D eigenvalue weighted by Gasteiger charge is 2.09. The Kier molecular flexibility index (Phi) is 6.71.